The molecule has 1 aromatic heterocycles. The molecule has 0 radical (unpaired) electrons. The molecule has 2 heterocycles. The minimum Gasteiger partial charge on any atom is -0.396 e. The summed E-state index contributed by atoms with van der Waals surface area (Å²) in [6, 6.07) is 1.93. The van der Waals surface area contributed by atoms with Crippen LogP contribution in [0.4, 0.5) is 11.5 Å². The minimum atomic E-state index is 0.708. The van der Waals surface area contributed by atoms with Gasteiger partial charge in [-0.2, -0.15) is 0 Å². The molecule has 5 nitrogen and oxygen atoms in total. The number of rotatable bonds is 2. The van der Waals surface area contributed by atoms with Gasteiger partial charge in [-0.15, -0.1) is 0 Å². The van der Waals surface area contributed by atoms with E-state index >= 15 is 0 Å². The van der Waals surface area contributed by atoms with E-state index in [-0.39, 0.29) is 0 Å². The van der Waals surface area contributed by atoms with Gasteiger partial charge in [0.2, 0.25) is 6.41 Å². The Balaban J connectivity index is 2.11. The number of nitrogens with two attached hydrogens (primary N) is 1. The van der Waals surface area contributed by atoms with E-state index in [0.29, 0.717) is 5.69 Å². The summed E-state index contributed by atoms with van der Waals surface area (Å²) in [5.74, 6) is 0.830. The van der Waals surface area contributed by atoms with Crippen LogP contribution in [0.15, 0.2) is 12.3 Å². The summed E-state index contributed by atoms with van der Waals surface area (Å²) in [5.41, 5.74) is 7.70. The van der Waals surface area contributed by atoms with Crippen molar-refractivity contribution in [3.05, 3.63) is 17.8 Å². The maximum atomic E-state index is 10.6. The number of amides is 1. The van der Waals surface area contributed by atoms with E-state index in [0.717, 1.165) is 44.0 Å². The molecule has 1 aromatic rings. The van der Waals surface area contributed by atoms with Gasteiger partial charge in [0.1, 0.15) is 0 Å². The van der Waals surface area contributed by atoms with Crippen LogP contribution >= 0.6 is 0 Å². The fraction of sp³-hybridized carbons (Fsp3) is 0.455. The lowest BCUT2D eigenvalue weighted by Gasteiger charge is -2.33. The van der Waals surface area contributed by atoms with E-state index in [1.807, 2.05) is 19.2 Å². The van der Waals surface area contributed by atoms with E-state index in [4.69, 9.17) is 5.73 Å². The van der Waals surface area contributed by atoms with Crippen molar-refractivity contribution in [3.8, 4) is 0 Å². The molecule has 1 aliphatic heterocycles. The highest BCUT2D eigenvalue weighted by Crippen LogP contribution is 2.21. The number of piperazine rings is 1. The number of anilines is 2. The van der Waals surface area contributed by atoms with Gasteiger partial charge in [-0.1, -0.05) is 0 Å². The van der Waals surface area contributed by atoms with Crippen molar-refractivity contribution in [1.29, 1.82) is 0 Å². The molecule has 0 bridgehead atoms. The number of nitrogen functional groups attached to an aromatic ring is 1. The number of aryl methyl sites for hydroxylation is 1. The van der Waals surface area contributed by atoms with Gasteiger partial charge in [-0.3, -0.25) is 4.79 Å². The van der Waals surface area contributed by atoms with E-state index in [9.17, 15) is 4.79 Å². The highest BCUT2D eigenvalue weighted by molar-refractivity contribution is 5.63. The van der Waals surface area contributed by atoms with Gasteiger partial charge in [0, 0.05) is 32.4 Å². The Morgan fingerprint density at radius 1 is 1.38 bits per heavy atom. The molecular weight excluding hydrogens is 204 g/mol. The summed E-state index contributed by atoms with van der Waals surface area (Å²) in [4.78, 5) is 18.8. The van der Waals surface area contributed by atoms with E-state index in [1.165, 1.54) is 0 Å². The Hall–Kier alpha value is -1.78. The van der Waals surface area contributed by atoms with Crippen LogP contribution in [0.1, 0.15) is 5.56 Å². The lowest BCUT2D eigenvalue weighted by atomic mass is 10.2. The van der Waals surface area contributed by atoms with Crippen molar-refractivity contribution in [2.45, 2.75) is 6.92 Å². The van der Waals surface area contributed by atoms with E-state index in [2.05, 4.69) is 9.88 Å². The van der Waals surface area contributed by atoms with Gasteiger partial charge >= 0.3 is 0 Å². The number of hydrogen-bond donors (Lipinski definition) is 1. The van der Waals surface area contributed by atoms with Crippen LogP contribution in [0.2, 0.25) is 0 Å². The first-order chi connectivity index (χ1) is 7.70. The van der Waals surface area contributed by atoms with Crippen LogP contribution in [0.5, 0.6) is 0 Å². The Morgan fingerprint density at radius 2 is 2.06 bits per heavy atom. The number of hydrogen-bond acceptors (Lipinski definition) is 4. The van der Waals surface area contributed by atoms with Gasteiger partial charge in [0.25, 0.3) is 0 Å². The second kappa shape index (κ2) is 4.38. The normalized spacial score (nSPS) is 16.3. The maximum absolute atomic E-state index is 10.6. The molecule has 86 valence electrons. The Labute approximate surface area is 94.9 Å². The van der Waals surface area contributed by atoms with Crippen molar-refractivity contribution < 1.29 is 4.79 Å². The fourth-order valence-corrected chi connectivity index (χ4v) is 1.89. The van der Waals surface area contributed by atoms with Crippen LogP contribution in [0, 0.1) is 6.92 Å². The maximum Gasteiger partial charge on any atom is 0.209 e. The van der Waals surface area contributed by atoms with Crippen molar-refractivity contribution in [2.24, 2.45) is 0 Å². The molecule has 0 spiro atoms. The Morgan fingerprint density at radius 3 is 2.62 bits per heavy atom. The van der Waals surface area contributed by atoms with Crippen molar-refractivity contribution in [3.63, 3.8) is 0 Å². The second-order valence-corrected chi connectivity index (χ2v) is 4.05. The van der Waals surface area contributed by atoms with Crippen LogP contribution < -0.4 is 10.6 Å². The first kappa shape index (κ1) is 10.7. The third-order valence-corrected chi connectivity index (χ3v) is 2.79. The summed E-state index contributed by atoms with van der Waals surface area (Å²) < 4.78 is 0. The number of pyridine rings is 1. The van der Waals surface area contributed by atoms with Crippen LogP contribution in [0.3, 0.4) is 0 Å². The largest absolute Gasteiger partial charge is 0.396 e. The average molecular weight is 220 g/mol. The molecule has 0 atom stereocenters. The summed E-state index contributed by atoms with van der Waals surface area (Å²) in [7, 11) is 0. The molecule has 0 aromatic carbocycles. The number of carbonyl (C=O) groups excluding carboxylic acids is 1. The fourth-order valence-electron chi connectivity index (χ4n) is 1.89. The predicted octanol–water partition coefficient (Wildman–Crippen LogP) is 0.251. The summed E-state index contributed by atoms with van der Waals surface area (Å²) in [5, 5.41) is 0. The third-order valence-electron chi connectivity index (χ3n) is 2.79. The van der Waals surface area contributed by atoms with Crippen LogP contribution in [-0.2, 0) is 4.79 Å². The summed E-state index contributed by atoms with van der Waals surface area (Å²) in [6.45, 7) is 5.02. The quantitative estimate of drug-likeness (QED) is 0.726. The summed E-state index contributed by atoms with van der Waals surface area (Å²) >= 11 is 0. The molecule has 2 rings (SSSR count). The highest BCUT2D eigenvalue weighted by Gasteiger charge is 2.18. The summed E-state index contributed by atoms with van der Waals surface area (Å²) in [6.07, 6.45) is 2.71. The third kappa shape index (κ3) is 2.08. The molecule has 0 unspecified atom stereocenters. The minimum absolute atomic E-state index is 0.708. The standard InChI is InChI=1S/C11H16N4O/c1-9-6-10(12)11(13-7-9)15-4-2-14(8-16)3-5-15/h6-8H,2-5,12H2,1H3. The highest BCUT2D eigenvalue weighted by atomic mass is 16.1. The lowest BCUT2D eigenvalue weighted by Crippen LogP contribution is -2.46. The molecule has 16 heavy (non-hydrogen) atoms. The molecule has 1 fully saturated rings. The first-order valence-corrected chi connectivity index (χ1v) is 5.37. The lowest BCUT2D eigenvalue weighted by molar-refractivity contribution is -0.118. The number of nitrogens with zero attached hydrogens (tertiary/aromatic N) is 3. The van der Waals surface area contributed by atoms with Crippen LogP contribution in [0.25, 0.3) is 0 Å². The zero-order valence-corrected chi connectivity index (χ0v) is 9.39. The number of carbonyl (C=O) groups is 1. The van der Waals surface area contributed by atoms with Crippen molar-refractivity contribution in [2.75, 3.05) is 36.8 Å². The predicted molar refractivity (Wildman–Crippen MR) is 63.2 cm³/mol. The molecule has 2 N–H and O–H groups in total. The monoisotopic (exact) mass is 220 g/mol. The van der Waals surface area contributed by atoms with Gasteiger partial charge in [0.05, 0.1) is 5.69 Å². The number of aromatic nitrogens is 1. The van der Waals surface area contributed by atoms with E-state index in [1.54, 1.807) is 4.90 Å². The van der Waals surface area contributed by atoms with Crippen LogP contribution in [-0.4, -0.2) is 42.5 Å². The molecule has 1 saturated heterocycles. The molecule has 1 aliphatic rings. The van der Waals surface area contributed by atoms with Gasteiger partial charge in [-0.05, 0) is 18.6 Å². The smallest absolute Gasteiger partial charge is 0.209 e. The molecule has 0 aliphatic carbocycles. The topological polar surface area (TPSA) is 62.5 Å². The van der Waals surface area contributed by atoms with Crippen molar-refractivity contribution in [1.82, 2.24) is 9.88 Å². The zero-order valence-electron chi connectivity index (χ0n) is 9.39. The Kier molecular flexibility index (Phi) is 2.94. The SMILES string of the molecule is Cc1cnc(N2CCN(C=O)CC2)c(N)c1. The molecular formula is C11H16N4O. The molecule has 0 saturated carbocycles. The second-order valence-electron chi connectivity index (χ2n) is 4.05. The average Bonchev–Trinajstić information content (AvgIpc) is 2.29. The molecule has 5 heteroatoms. The van der Waals surface area contributed by atoms with Crippen molar-refractivity contribution >= 4 is 17.9 Å². The van der Waals surface area contributed by atoms with E-state index < -0.39 is 0 Å². The van der Waals surface area contributed by atoms with Gasteiger partial charge < -0.3 is 15.5 Å². The van der Waals surface area contributed by atoms with Gasteiger partial charge in [0.15, 0.2) is 5.82 Å². The zero-order chi connectivity index (χ0) is 11.5. The Bertz CT molecular complexity index is 386. The first-order valence-electron chi connectivity index (χ1n) is 5.37. The molecule has 1 amide bonds. The van der Waals surface area contributed by atoms with Gasteiger partial charge in [-0.25, -0.2) is 4.98 Å².